The van der Waals surface area contributed by atoms with Crippen LogP contribution in [0, 0.1) is 13.8 Å². The van der Waals surface area contributed by atoms with E-state index < -0.39 is 16.1 Å². The summed E-state index contributed by atoms with van der Waals surface area (Å²) in [5.74, 6) is -1.07. The number of rotatable bonds is 5. The molecule has 0 bridgehead atoms. The van der Waals surface area contributed by atoms with Crippen LogP contribution in [0.1, 0.15) is 20.9 Å². The molecule has 0 atom stereocenters. The summed E-state index contributed by atoms with van der Waals surface area (Å²) in [7, 11) is -3.28. The number of carboxylic acids is 1. The summed E-state index contributed by atoms with van der Waals surface area (Å²) in [6.07, 6.45) is 0. The lowest BCUT2D eigenvalue weighted by Gasteiger charge is -2.13. The SMILES string of the molecule is COc1ccc(-c2cccc(-c3nc(C)c(C)s3)c2S(=O)(=O)O)cc1C(=O)O. The molecule has 0 saturated carbocycles. The van der Waals surface area contributed by atoms with E-state index in [1.165, 1.54) is 42.7 Å². The van der Waals surface area contributed by atoms with Crippen LogP contribution < -0.4 is 4.74 Å². The molecule has 0 fully saturated rings. The van der Waals surface area contributed by atoms with Crippen molar-refractivity contribution in [3.05, 3.63) is 52.5 Å². The molecule has 0 aliphatic rings. The maximum absolute atomic E-state index is 12.2. The van der Waals surface area contributed by atoms with Crippen LogP contribution in [0.2, 0.25) is 0 Å². The van der Waals surface area contributed by atoms with Gasteiger partial charge in [-0.2, -0.15) is 8.42 Å². The molecule has 0 saturated heterocycles. The van der Waals surface area contributed by atoms with Crippen LogP contribution in [0.25, 0.3) is 21.7 Å². The minimum absolute atomic E-state index is 0.118. The van der Waals surface area contributed by atoms with Gasteiger partial charge in [0.25, 0.3) is 10.1 Å². The number of hydrogen-bond donors (Lipinski definition) is 2. The Kier molecular flexibility index (Phi) is 5.24. The average Bonchev–Trinajstić information content (AvgIpc) is 2.98. The van der Waals surface area contributed by atoms with Gasteiger partial charge < -0.3 is 9.84 Å². The number of nitrogens with zero attached hydrogens (tertiary/aromatic N) is 1. The van der Waals surface area contributed by atoms with Gasteiger partial charge in [0.2, 0.25) is 0 Å². The maximum Gasteiger partial charge on any atom is 0.339 e. The summed E-state index contributed by atoms with van der Waals surface area (Å²) in [5, 5.41) is 9.86. The average molecular weight is 419 g/mol. The Morgan fingerprint density at radius 2 is 1.82 bits per heavy atom. The van der Waals surface area contributed by atoms with Crippen molar-refractivity contribution in [3.8, 4) is 27.4 Å². The predicted molar refractivity (Wildman–Crippen MR) is 106 cm³/mol. The molecule has 0 amide bonds. The molecule has 28 heavy (non-hydrogen) atoms. The number of aromatic carboxylic acids is 1. The highest BCUT2D eigenvalue weighted by atomic mass is 32.2. The summed E-state index contributed by atoms with van der Waals surface area (Å²) in [6, 6.07) is 9.00. The van der Waals surface area contributed by atoms with Gasteiger partial charge in [-0.3, -0.25) is 4.55 Å². The first-order chi connectivity index (χ1) is 13.1. The second-order valence-corrected chi connectivity index (χ2v) is 8.60. The molecule has 0 aliphatic carbocycles. The Hall–Kier alpha value is -2.75. The van der Waals surface area contributed by atoms with E-state index in [2.05, 4.69) is 4.98 Å². The van der Waals surface area contributed by atoms with Gasteiger partial charge in [0, 0.05) is 16.0 Å². The molecular formula is C19H17NO6S2. The Morgan fingerprint density at radius 3 is 2.36 bits per heavy atom. The van der Waals surface area contributed by atoms with E-state index in [0.717, 1.165) is 10.6 Å². The smallest absolute Gasteiger partial charge is 0.339 e. The third-order valence-corrected chi connectivity index (χ3v) is 6.33. The minimum atomic E-state index is -4.62. The van der Waals surface area contributed by atoms with E-state index in [1.807, 2.05) is 13.8 Å². The highest BCUT2D eigenvalue weighted by molar-refractivity contribution is 7.86. The summed E-state index contributed by atoms with van der Waals surface area (Å²) >= 11 is 1.31. The Bertz CT molecular complexity index is 1160. The molecule has 0 radical (unpaired) electrons. The number of thiazole rings is 1. The van der Waals surface area contributed by atoms with Crippen molar-refractivity contribution in [1.29, 1.82) is 0 Å². The van der Waals surface area contributed by atoms with Crippen molar-refractivity contribution in [2.24, 2.45) is 0 Å². The van der Waals surface area contributed by atoms with Crippen LogP contribution in [0.3, 0.4) is 0 Å². The number of aryl methyl sites for hydroxylation is 2. The molecule has 3 aromatic rings. The molecule has 3 rings (SSSR count). The number of carboxylic acid groups (broad SMARTS) is 1. The first-order valence-electron chi connectivity index (χ1n) is 8.10. The van der Waals surface area contributed by atoms with Gasteiger partial charge in [0.1, 0.15) is 21.2 Å². The number of aromatic nitrogens is 1. The zero-order valence-corrected chi connectivity index (χ0v) is 16.9. The lowest BCUT2D eigenvalue weighted by molar-refractivity contribution is 0.0693. The second kappa shape index (κ2) is 7.34. The monoisotopic (exact) mass is 419 g/mol. The van der Waals surface area contributed by atoms with E-state index in [4.69, 9.17) is 4.74 Å². The quantitative estimate of drug-likeness (QED) is 0.600. The van der Waals surface area contributed by atoms with Crippen molar-refractivity contribution in [1.82, 2.24) is 4.98 Å². The molecule has 7 nitrogen and oxygen atoms in total. The van der Waals surface area contributed by atoms with Gasteiger partial charge in [0.05, 0.1) is 12.8 Å². The van der Waals surface area contributed by atoms with Gasteiger partial charge >= 0.3 is 5.97 Å². The van der Waals surface area contributed by atoms with E-state index in [9.17, 15) is 22.9 Å². The second-order valence-electron chi connectivity index (χ2n) is 6.04. The Balaban J connectivity index is 2.33. The van der Waals surface area contributed by atoms with E-state index >= 15 is 0 Å². The van der Waals surface area contributed by atoms with Crippen LogP contribution in [0.4, 0.5) is 0 Å². The van der Waals surface area contributed by atoms with Crippen molar-refractivity contribution >= 4 is 27.4 Å². The van der Waals surface area contributed by atoms with Crippen LogP contribution >= 0.6 is 11.3 Å². The van der Waals surface area contributed by atoms with Gasteiger partial charge in [0.15, 0.2) is 0 Å². The van der Waals surface area contributed by atoms with Gasteiger partial charge in [-0.1, -0.05) is 24.3 Å². The molecule has 1 heterocycles. The van der Waals surface area contributed by atoms with E-state index in [1.54, 1.807) is 12.1 Å². The molecule has 2 N–H and O–H groups in total. The minimum Gasteiger partial charge on any atom is -0.496 e. The van der Waals surface area contributed by atoms with Crippen molar-refractivity contribution < 1.29 is 27.6 Å². The normalized spacial score (nSPS) is 11.4. The van der Waals surface area contributed by atoms with Gasteiger partial charge in [-0.05, 0) is 31.5 Å². The fourth-order valence-corrected chi connectivity index (χ4v) is 4.76. The summed E-state index contributed by atoms with van der Waals surface area (Å²) in [4.78, 5) is 16.5. The number of ether oxygens (including phenoxy) is 1. The number of benzene rings is 2. The summed E-state index contributed by atoms with van der Waals surface area (Å²) in [6.45, 7) is 3.69. The third-order valence-electron chi connectivity index (χ3n) is 4.27. The molecule has 0 spiro atoms. The molecule has 9 heteroatoms. The molecule has 146 valence electrons. The molecule has 2 aromatic carbocycles. The fourth-order valence-electron chi connectivity index (χ4n) is 2.84. The summed E-state index contributed by atoms with van der Waals surface area (Å²) in [5.41, 5.74) is 1.40. The first kappa shape index (κ1) is 20.0. The van der Waals surface area contributed by atoms with Gasteiger partial charge in [-0.25, -0.2) is 9.78 Å². The molecule has 0 aliphatic heterocycles. The molecular weight excluding hydrogens is 402 g/mol. The highest BCUT2D eigenvalue weighted by Gasteiger charge is 2.25. The topological polar surface area (TPSA) is 114 Å². The first-order valence-corrected chi connectivity index (χ1v) is 10.4. The Morgan fingerprint density at radius 1 is 1.14 bits per heavy atom. The standard InChI is InChI=1S/C19H17NO6S2/c1-10-11(2)27-18(20-10)14-6-4-5-13(17(14)28(23,24)25)12-7-8-16(26-3)15(9-12)19(21)22/h4-9H,1-3H3,(H,21,22)(H,23,24,25). The highest BCUT2D eigenvalue weighted by Crippen LogP contribution is 2.39. The number of methoxy groups -OCH3 is 1. The number of hydrogen-bond acceptors (Lipinski definition) is 6. The maximum atomic E-state index is 12.2. The predicted octanol–water partition coefficient (Wildman–Crippen LogP) is 4.05. The van der Waals surface area contributed by atoms with Crippen LogP contribution in [0.15, 0.2) is 41.3 Å². The van der Waals surface area contributed by atoms with E-state index in [0.29, 0.717) is 10.6 Å². The Labute approximate surface area is 166 Å². The lowest BCUT2D eigenvalue weighted by Crippen LogP contribution is -2.05. The molecule has 0 unspecified atom stereocenters. The van der Waals surface area contributed by atoms with Crippen molar-refractivity contribution in [2.45, 2.75) is 18.7 Å². The van der Waals surface area contributed by atoms with E-state index in [-0.39, 0.29) is 27.3 Å². The van der Waals surface area contributed by atoms with Crippen LogP contribution in [-0.4, -0.2) is 36.1 Å². The van der Waals surface area contributed by atoms with Crippen molar-refractivity contribution in [3.63, 3.8) is 0 Å². The zero-order chi connectivity index (χ0) is 20.6. The van der Waals surface area contributed by atoms with Crippen molar-refractivity contribution in [2.75, 3.05) is 7.11 Å². The zero-order valence-electron chi connectivity index (χ0n) is 15.3. The molecule has 1 aromatic heterocycles. The largest absolute Gasteiger partial charge is 0.496 e. The van der Waals surface area contributed by atoms with Gasteiger partial charge in [-0.15, -0.1) is 11.3 Å². The lowest BCUT2D eigenvalue weighted by atomic mass is 10.00. The van der Waals surface area contributed by atoms with Crippen LogP contribution in [-0.2, 0) is 10.1 Å². The third kappa shape index (κ3) is 3.64. The van der Waals surface area contributed by atoms with Crippen LogP contribution in [0.5, 0.6) is 5.75 Å². The fraction of sp³-hybridized carbons (Fsp3) is 0.158. The number of carbonyl (C=O) groups is 1. The summed E-state index contributed by atoms with van der Waals surface area (Å²) < 4.78 is 39.5.